The van der Waals surface area contributed by atoms with Crippen molar-refractivity contribution in [3.8, 4) is 11.4 Å². The predicted octanol–water partition coefficient (Wildman–Crippen LogP) is 3.45. The third-order valence-electron chi connectivity index (χ3n) is 4.04. The lowest BCUT2D eigenvalue weighted by Crippen LogP contribution is -2.20. The van der Waals surface area contributed by atoms with Gasteiger partial charge in [0, 0.05) is 31.0 Å². The van der Waals surface area contributed by atoms with Crippen LogP contribution in [-0.2, 0) is 4.74 Å². The van der Waals surface area contributed by atoms with E-state index in [1.54, 1.807) is 0 Å². The first-order valence-electron chi connectivity index (χ1n) is 7.39. The highest BCUT2D eigenvalue weighted by Crippen LogP contribution is 2.31. The van der Waals surface area contributed by atoms with Gasteiger partial charge in [-0.15, -0.1) is 0 Å². The molecule has 0 radical (unpaired) electrons. The van der Waals surface area contributed by atoms with E-state index in [1.165, 1.54) is 0 Å². The van der Waals surface area contributed by atoms with Crippen molar-refractivity contribution in [2.75, 3.05) is 13.2 Å². The number of ether oxygens (including phenoxy) is 1. The Hall–Kier alpha value is -2.20. The van der Waals surface area contributed by atoms with Crippen molar-refractivity contribution in [1.82, 2.24) is 14.5 Å². The molecule has 3 aromatic rings. The van der Waals surface area contributed by atoms with Gasteiger partial charge in [-0.05, 0) is 25.0 Å². The maximum atomic E-state index is 5.50. The molecule has 1 fully saturated rings. The Kier molecular flexibility index (Phi) is 3.16. The minimum atomic E-state index is 0.411. The summed E-state index contributed by atoms with van der Waals surface area (Å²) in [6.45, 7) is 1.62. The summed E-state index contributed by atoms with van der Waals surface area (Å²) in [5.41, 5.74) is 3.08. The van der Waals surface area contributed by atoms with Crippen LogP contribution in [0.3, 0.4) is 0 Å². The molecule has 2 aromatic heterocycles. The van der Waals surface area contributed by atoms with E-state index in [4.69, 9.17) is 9.72 Å². The summed E-state index contributed by atoms with van der Waals surface area (Å²) >= 11 is 0. The molecule has 1 aliphatic heterocycles. The van der Waals surface area contributed by atoms with Crippen molar-refractivity contribution in [1.29, 1.82) is 0 Å². The summed E-state index contributed by atoms with van der Waals surface area (Å²) in [7, 11) is 0. The largest absolute Gasteiger partial charge is 0.381 e. The van der Waals surface area contributed by atoms with Gasteiger partial charge in [-0.3, -0.25) is 0 Å². The molecule has 0 atom stereocenters. The molecule has 0 spiro atoms. The molecule has 1 saturated heterocycles. The van der Waals surface area contributed by atoms with Crippen LogP contribution in [0.5, 0.6) is 0 Å². The van der Waals surface area contributed by atoms with Crippen LogP contribution < -0.4 is 0 Å². The second-order valence-electron chi connectivity index (χ2n) is 5.36. The molecule has 0 amide bonds. The monoisotopic (exact) mass is 279 g/mol. The zero-order chi connectivity index (χ0) is 14.1. The third-order valence-corrected chi connectivity index (χ3v) is 4.04. The Labute approximate surface area is 123 Å². The molecule has 3 heterocycles. The number of hydrogen-bond donors (Lipinski definition) is 0. The highest BCUT2D eigenvalue weighted by atomic mass is 16.5. The smallest absolute Gasteiger partial charge is 0.160 e. The molecule has 0 N–H and O–H groups in total. The van der Waals surface area contributed by atoms with Gasteiger partial charge in [0.15, 0.2) is 5.65 Å². The minimum Gasteiger partial charge on any atom is -0.381 e. The van der Waals surface area contributed by atoms with E-state index >= 15 is 0 Å². The van der Waals surface area contributed by atoms with Crippen molar-refractivity contribution in [2.24, 2.45) is 0 Å². The number of nitrogens with zero attached hydrogens (tertiary/aromatic N) is 3. The van der Waals surface area contributed by atoms with Gasteiger partial charge in [0.2, 0.25) is 0 Å². The maximum Gasteiger partial charge on any atom is 0.160 e. The Balaban J connectivity index is 1.92. The second-order valence-corrected chi connectivity index (χ2v) is 5.36. The van der Waals surface area contributed by atoms with E-state index in [0.29, 0.717) is 6.04 Å². The molecular weight excluding hydrogens is 262 g/mol. The van der Waals surface area contributed by atoms with Gasteiger partial charge in [-0.2, -0.15) is 0 Å². The van der Waals surface area contributed by atoms with E-state index in [0.717, 1.165) is 48.6 Å². The van der Waals surface area contributed by atoms with Gasteiger partial charge in [0.05, 0.1) is 0 Å². The molecular formula is C17H17N3O. The van der Waals surface area contributed by atoms with Crippen LogP contribution >= 0.6 is 0 Å². The SMILES string of the molecule is c1ccc(-c2nc3cccnc3n2C2CCOCC2)cc1. The van der Waals surface area contributed by atoms with Crippen LogP contribution in [0.4, 0.5) is 0 Å². The molecule has 4 heteroatoms. The van der Waals surface area contributed by atoms with Crippen molar-refractivity contribution in [2.45, 2.75) is 18.9 Å². The Bertz CT molecular complexity index is 745. The third kappa shape index (κ3) is 2.21. The highest BCUT2D eigenvalue weighted by Gasteiger charge is 2.22. The average Bonchev–Trinajstić information content (AvgIpc) is 2.96. The van der Waals surface area contributed by atoms with E-state index in [2.05, 4.69) is 33.8 Å². The number of imidazole rings is 1. The normalized spacial score (nSPS) is 16.4. The number of rotatable bonds is 2. The standard InChI is InChI=1S/C17H17N3O/c1-2-5-13(6-3-1)16-19-15-7-4-10-18-17(15)20(16)14-8-11-21-12-9-14/h1-7,10,14H,8-9,11-12H2. The summed E-state index contributed by atoms with van der Waals surface area (Å²) < 4.78 is 7.80. The van der Waals surface area contributed by atoms with Crippen LogP contribution in [0.1, 0.15) is 18.9 Å². The summed E-state index contributed by atoms with van der Waals surface area (Å²) in [5.74, 6) is 1.01. The van der Waals surface area contributed by atoms with Gasteiger partial charge < -0.3 is 9.30 Å². The summed E-state index contributed by atoms with van der Waals surface area (Å²) in [6.07, 6.45) is 3.87. The van der Waals surface area contributed by atoms with Crippen LogP contribution in [0.2, 0.25) is 0 Å². The molecule has 0 bridgehead atoms. The van der Waals surface area contributed by atoms with Crippen LogP contribution in [0.25, 0.3) is 22.6 Å². The van der Waals surface area contributed by atoms with Gasteiger partial charge in [0.25, 0.3) is 0 Å². The first-order valence-corrected chi connectivity index (χ1v) is 7.39. The highest BCUT2D eigenvalue weighted by molar-refractivity contribution is 5.77. The number of hydrogen-bond acceptors (Lipinski definition) is 3. The van der Waals surface area contributed by atoms with Crippen molar-refractivity contribution >= 4 is 11.2 Å². The van der Waals surface area contributed by atoms with E-state index in [1.807, 2.05) is 24.4 Å². The zero-order valence-electron chi connectivity index (χ0n) is 11.8. The zero-order valence-corrected chi connectivity index (χ0v) is 11.8. The lowest BCUT2D eigenvalue weighted by atomic mass is 10.1. The van der Waals surface area contributed by atoms with Crippen LogP contribution in [0, 0.1) is 0 Å². The topological polar surface area (TPSA) is 39.9 Å². The first-order chi connectivity index (χ1) is 10.4. The van der Waals surface area contributed by atoms with Crippen molar-refractivity contribution < 1.29 is 4.74 Å². The quantitative estimate of drug-likeness (QED) is 0.721. The maximum absolute atomic E-state index is 5.50. The number of fused-ring (bicyclic) bond motifs is 1. The lowest BCUT2D eigenvalue weighted by Gasteiger charge is -2.25. The summed E-state index contributed by atoms with van der Waals surface area (Å²) in [4.78, 5) is 9.38. The molecule has 1 aromatic carbocycles. The molecule has 21 heavy (non-hydrogen) atoms. The van der Waals surface area contributed by atoms with E-state index < -0.39 is 0 Å². The van der Waals surface area contributed by atoms with E-state index in [9.17, 15) is 0 Å². The molecule has 0 unspecified atom stereocenters. The van der Waals surface area contributed by atoms with Gasteiger partial charge in [-0.25, -0.2) is 9.97 Å². The fourth-order valence-electron chi connectivity index (χ4n) is 3.01. The minimum absolute atomic E-state index is 0.411. The lowest BCUT2D eigenvalue weighted by molar-refractivity contribution is 0.0708. The van der Waals surface area contributed by atoms with Gasteiger partial charge >= 0.3 is 0 Å². The summed E-state index contributed by atoms with van der Waals surface area (Å²) in [5, 5.41) is 0. The number of benzene rings is 1. The first kappa shape index (κ1) is 12.5. The Morgan fingerprint density at radius 1 is 1.00 bits per heavy atom. The molecule has 4 rings (SSSR count). The van der Waals surface area contributed by atoms with Crippen molar-refractivity contribution in [3.63, 3.8) is 0 Å². The van der Waals surface area contributed by atoms with Crippen molar-refractivity contribution in [3.05, 3.63) is 48.7 Å². The average molecular weight is 279 g/mol. The number of aromatic nitrogens is 3. The molecule has 0 aliphatic carbocycles. The molecule has 1 aliphatic rings. The second kappa shape index (κ2) is 5.30. The fourth-order valence-corrected chi connectivity index (χ4v) is 3.01. The Morgan fingerprint density at radius 2 is 1.81 bits per heavy atom. The fraction of sp³-hybridized carbons (Fsp3) is 0.294. The Morgan fingerprint density at radius 3 is 2.62 bits per heavy atom. The molecule has 106 valence electrons. The van der Waals surface area contributed by atoms with Crippen LogP contribution in [0.15, 0.2) is 48.7 Å². The van der Waals surface area contributed by atoms with Crippen LogP contribution in [-0.4, -0.2) is 27.7 Å². The molecule has 4 nitrogen and oxygen atoms in total. The molecule has 0 saturated carbocycles. The number of pyridine rings is 1. The van der Waals surface area contributed by atoms with E-state index in [-0.39, 0.29) is 0 Å². The summed E-state index contributed by atoms with van der Waals surface area (Å²) in [6, 6.07) is 14.7. The van der Waals surface area contributed by atoms with Gasteiger partial charge in [0.1, 0.15) is 11.3 Å². The predicted molar refractivity (Wildman–Crippen MR) is 82.1 cm³/mol. The van der Waals surface area contributed by atoms with Gasteiger partial charge in [-0.1, -0.05) is 30.3 Å².